The molecule has 13 rings (SSSR count). The number of hydrogen-bond acceptors (Lipinski definition) is 2. The van der Waals surface area contributed by atoms with Gasteiger partial charge in [0.25, 0.3) is 0 Å². The first-order valence-corrected chi connectivity index (χ1v) is 23.0. The van der Waals surface area contributed by atoms with Crippen LogP contribution in [0.3, 0.4) is 0 Å². The summed E-state index contributed by atoms with van der Waals surface area (Å²) in [5, 5.41) is 2.56. The van der Waals surface area contributed by atoms with Crippen LogP contribution in [0, 0.1) is 0 Å². The summed E-state index contributed by atoms with van der Waals surface area (Å²) in [6.45, 7) is 0. The highest BCUT2D eigenvalue weighted by Gasteiger charge is 2.58. The molecule has 10 aromatic carbocycles. The van der Waals surface area contributed by atoms with Crippen molar-refractivity contribution in [1.29, 1.82) is 0 Å². The molecule has 2 heteroatoms. The lowest BCUT2D eigenvalue weighted by molar-refractivity contribution is 0.627. The van der Waals surface area contributed by atoms with Crippen LogP contribution in [0.1, 0.15) is 44.5 Å². The van der Waals surface area contributed by atoms with Crippen molar-refractivity contribution in [3.8, 4) is 22.3 Å². The maximum atomic E-state index is 2.51. The Labute approximate surface area is 377 Å². The average molecular weight is 832 g/mol. The smallest absolute Gasteiger partial charge is 0.0728 e. The molecule has 2 atom stereocenters. The van der Waals surface area contributed by atoms with Gasteiger partial charge >= 0.3 is 0 Å². The Bertz CT molecular complexity index is 3550. The normalized spacial score (nSPS) is 16.9. The number of nitrogens with zero attached hydrogens (tertiary/aromatic N) is 1. The summed E-state index contributed by atoms with van der Waals surface area (Å²) in [5.74, 6) is 0. The van der Waals surface area contributed by atoms with Crippen molar-refractivity contribution in [2.24, 2.45) is 0 Å². The SMILES string of the molecule is c1ccc(-c2ccc(N(c3ccc4sc5ccccc5c4c3)c3ccccc3C3(c4ccccc4)c4ccccc4C4(c5ccccc5)c5ccccc5-c5cccc3c54)cc2)cc1. The maximum absolute atomic E-state index is 2.51. The van der Waals surface area contributed by atoms with Gasteiger partial charge in [0.1, 0.15) is 0 Å². The lowest BCUT2D eigenvalue weighted by Crippen LogP contribution is -2.44. The summed E-state index contributed by atoms with van der Waals surface area (Å²) >= 11 is 1.86. The molecule has 2 unspecified atom stereocenters. The zero-order chi connectivity index (χ0) is 42.2. The van der Waals surface area contributed by atoms with Gasteiger partial charge in [-0.25, -0.2) is 0 Å². The molecule has 11 aromatic rings. The fourth-order valence-corrected chi connectivity index (χ4v) is 12.6. The molecule has 0 fully saturated rings. The molecule has 1 nitrogen and oxygen atoms in total. The van der Waals surface area contributed by atoms with E-state index in [-0.39, 0.29) is 0 Å². The van der Waals surface area contributed by atoms with E-state index in [4.69, 9.17) is 0 Å². The van der Waals surface area contributed by atoms with Gasteiger partial charge in [-0.05, 0) is 109 Å². The Morgan fingerprint density at radius 2 is 0.828 bits per heavy atom. The summed E-state index contributed by atoms with van der Waals surface area (Å²) in [7, 11) is 0. The number of para-hydroxylation sites is 1. The van der Waals surface area contributed by atoms with Crippen LogP contribution in [0.5, 0.6) is 0 Å². The van der Waals surface area contributed by atoms with Crippen molar-refractivity contribution in [1.82, 2.24) is 0 Å². The van der Waals surface area contributed by atoms with E-state index in [0.29, 0.717) is 0 Å². The summed E-state index contributed by atoms with van der Waals surface area (Å²) in [5.41, 5.74) is 17.5. The van der Waals surface area contributed by atoms with E-state index < -0.39 is 10.8 Å². The minimum atomic E-state index is -0.721. The predicted molar refractivity (Wildman–Crippen MR) is 269 cm³/mol. The summed E-state index contributed by atoms with van der Waals surface area (Å²) in [4.78, 5) is 2.51. The Morgan fingerprint density at radius 3 is 1.58 bits per heavy atom. The van der Waals surface area contributed by atoms with Crippen LogP contribution in [-0.2, 0) is 10.8 Å². The maximum Gasteiger partial charge on any atom is 0.0728 e. The predicted octanol–water partition coefficient (Wildman–Crippen LogP) is 16.3. The second-order valence-corrected chi connectivity index (χ2v) is 18.2. The zero-order valence-electron chi connectivity index (χ0n) is 35.0. The number of rotatable bonds is 7. The van der Waals surface area contributed by atoms with Gasteiger partial charge < -0.3 is 4.90 Å². The lowest BCUT2D eigenvalue weighted by Gasteiger charge is -2.50. The van der Waals surface area contributed by atoms with Gasteiger partial charge in [-0.3, -0.25) is 0 Å². The van der Waals surface area contributed by atoms with Crippen molar-refractivity contribution in [2.75, 3.05) is 4.90 Å². The van der Waals surface area contributed by atoms with E-state index in [9.17, 15) is 0 Å². The van der Waals surface area contributed by atoms with Crippen LogP contribution in [0.25, 0.3) is 42.4 Å². The third-order valence-electron chi connectivity index (χ3n) is 14.0. The standard InChI is InChI=1S/C62H41NS/c1-4-19-42(20-5-1)43-35-37-46(38-36-43)63(47-39-40-59-51(41-47)49-26-11-17-34-58(49)64-59)57-33-16-15-31-55(57)61(44-21-6-2-7-22-44)53-29-13-14-30-54(53)62(45-23-8-3-9-24-45)52-28-12-10-25-48(52)50-27-18-32-56(61)60(50)62/h1-41H. The van der Waals surface area contributed by atoms with E-state index in [1.54, 1.807) is 0 Å². The van der Waals surface area contributed by atoms with Gasteiger partial charge in [-0.2, -0.15) is 0 Å². The minimum absolute atomic E-state index is 0.522. The lowest BCUT2D eigenvalue weighted by atomic mass is 9.51. The van der Waals surface area contributed by atoms with Crippen LogP contribution in [-0.4, -0.2) is 0 Å². The highest BCUT2D eigenvalue weighted by molar-refractivity contribution is 7.25. The van der Waals surface area contributed by atoms with Gasteiger partial charge in [0.2, 0.25) is 0 Å². The second kappa shape index (κ2) is 14.4. The van der Waals surface area contributed by atoms with Gasteiger partial charge in [0.05, 0.1) is 16.5 Å². The van der Waals surface area contributed by atoms with Crippen LogP contribution >= 0.6 is 11.3 Å². The Hall–Kier alpha value is -7.78. The van der Waals surface area contributed by atoms with E-state index >= 15 is 0 Å². The summed E-state index contributed by atoms with van der Waals surface area (Å²) < 4.78 is 2.59. The quantitative estimate of drug-likeness (QED) is 0.155. The Kier molecular flexibility index (Phi) is 8.28. The highest BCUT2D eigenvalue weighted by atomic mass is 32.1. The van der Waals surface area contributed by atoms with E-state index in [1.807, 2.05) is 11.3 Å². The molecule has 2 aliphatic rings. The first kappa shape index (κ1) is 36.8. The number of hydrogen-bond donors (Lipinski definition) is 0. The third-order valence-corrected chi connectivity index (χ3v) is 15.2. The molecular weight excluding hydrogens is 791 g/mol. The van der Waals surface area contributed by atoms with Crippen molar-refractivity contribution < 1.29 is 0 Å². The molecule has 0 bridgehead atoms. The monoisotopic (exact) mass is 831 g/mol. The average Bonchev–Trinajstić information content (AvgIpc) is 3.90. The number of thiophene rings is 1. The molecule has 0 aliphatic heterocycles. The van der Waals surface area contributed by atoms with Crippen molar-refractivity contribution >= 4 is 48.6 Å². The first-order chi connectivity index (χ1) is 31.8. The summed E-state index contributed by atoms with van der Waals surface area (Å²) in [6.07, 6.45) is 0. The van der Waals surface area contributed by atoms with Crippen LogP contribution < -0.4 is 4.90 Å². The molecule has 1 aromatic heterocycles. The van der Waals surface area contributed by atoms with Crippen LogP contribution in [0.4, 0.5) is 17.1 Å². The number of anilines is 3. The molecule has 2 aliphatic carbocycles. The first-order valence-electron chi connectivity index (χ1n) is 22.2. The highest BCUT2D eigenvalue weighted by Crippen LogP contribution is 2.66. The molecule has 1 heterocycles. The van der Waals surface area contributed by atoms with Gasteiger partial charge in [-0.1, -0.05) is 206 Å². The Balaban J connectivity index is 1.15. The largest absolute Gasteiger partial charge is 0.310 e. The molecule has 0 radical (unpaired) electrons. The molecule has 0 N–H and O–H groups in total. The number of fused-ring (bicyclic) bond motifs is 8. The second-order valence-electron chi connectivity index (χ2n) is 17.1. The zero-order valence-corrected chi connectivity index (χ0v) is 35.8. The van der Waals surface area contributed by atoms with Gasteiger partial charge in [0.15, 0.2) is 0 Å². The van der Waals surface area contributed by atoms with Crippen LogP contribution in [0.15, 0.2) is 249 Å². The molecule has 0 saturated heterocycles. The fraction of sp³-hybridized carbons (Fsp3) is 0.0323. The van der Waals surface area contributed by atoms with Crippen molar-refractivity contribution in [3.63, 3.8) is 0 Å². The van der Waals surface area contributed by atoms with Crippen molar-refractivity contribution in [3.05, 3.63) is 293 Å². The van der Waals surface area contributed by atoms with E-state index in [0.717, 1.165) is 17.1 Å². The fourth-order valence-electron chi connectivity index (χ4n) is 11.5. The van der Waals surface area contributed by atoms with Gasteiger partial charge in [0, 0.05) is 31.5 Å². The molecule has 0 amide bonds. The van der Waals surface area contributed by atoms with Crippen LogP contribution in [0.2, 0.25) is 0 Å². The molecule has 0 saturated carbocycles. The molecular formula is C62H41NS. The van der Waals surface area contributed by atoms with E-state index in [1.165, 1.54) is 86.9 Å². The summed E-state index contributed by atoms with van der Waals surface area (Å²) in [6, 6.07) is 93.0. The van der Waals surface area contributed by atoms with Crippen molar-refractivity contribution in [2.45, 2.75) is 10.8 Å². The molecule has 0 spiro atoms. The topological polar surface area (TPSA) is 3.24 Å². The van der Waals surface area contributed by atoms with E-state index in [2.05, 4.69) is 254 Å². The number of benzene rings is 10. The van der Waals surface area contributed by atoms with Gasteiger partial charge in [-0.15, -0.1) is 11.3 Å². The third kappa shape index (κ3) is 5.12. The molecule has 300 valence electrons. The Morgan fingerprint density at radius 1 is 0.312 bits per heavy atom. The minimum Gasteiger partial charge on any atom is -0.310 e. The molecule has 64 heavy (non-hydrogen) atoms.